The van der Waals surface area contributed by atoms with Gasteiger partial charge >= 0.3 is 0 Å². The van der Waals surface area contributed by atoms with Crippen LogP contribution in [0, 0.1) is 6.92 Å². The Balaban J connectivity index is 1.76. The molecule has 2 aromatic rings. The highest BCUT2D eigenvalue weighted by Crippen LogP contribution is 2.22. The SMILES string of the molecule is Cc1ccc(S(=O)(=O)N2CCC=C(/C=C/c3ccccc3)C2)cc1. The summed E-state index contributed by atoms with van der Waals surface area (Å²) in [5.74, 6) is 0. The second-order valence-electron chi connectivity index (χ2n) is 5.96. The predicted octanol–water partition coefficient (Wildman–Crippen LogP) is 4.03. The topological polar surface area (TPSA) is 37.4 Å². The molecule has 0 bridgehead atoms. The second kappa shape index (κ2) is 7.16. The Labute approximate surface area is 144 Å². The maximum Gasteiger partial charge on any atom is 0.243 e. The number of rotatable bonds is 4. The van der Waals surface area contributed by atoms with E-state index in [1.165, 1.54) is 0 Å². The molecule has 0 unspecified atom stereocenters. The van der Waals surface area contributed by atoms with Crippen LogP contribution in [0.25, 0.3) is 6.08 Å². The number of sulfonamides is 1. The summed E-state index contributed by atoms with van der Waals surface area (Å²) in [5, 5.41) is 0. The lowest BCUT2D eigenvalue weighted by Crippen LogP contribution is -2.35. The zero-order chi connectivity index (χ0) is 17.0. The molecule has 0 aliphatic carbocycles. The fraction of sp³-hybridized carbons (Fsp3) is 0.200. The maximum atomic E-state index is 12.8. The summed E-state index contributed by atoms with van der Waals surface area (Å²) in [6.07, 6.45) is 6.88. The minimum Gasteiger partial charge on any atom is -0.207 e. The molecule has 0 spiro atoms. The summed E-state index contributed by atoms with van der Waals surface area (Å²) < 4.78 is 27.1. The Kier molecular flexibility index (Phi) is 4.97. The van der Waals surface area contributed by atoms with E-state index in [1.54, 1.807) is 16.4 Å². The number of hydrogen-bond donors (Lipinski definition) is 0. The van der Waals surface area contributed by atoms with Gasteiger partial charge in [-0.05, 0) is 36.6 Å². The third-order valence-electron chi connectivity index (χ3n) is 4.09. The van der Waals surface area contributed by atoms with Crippen LogP contribution >= 0.6 is 0 Å². The average Bonchev–Trinajstić information content (AvgIpc) is 2.61. The van der Waals surface area contributed by atoms with Gasteiger partial charge in [-0.25, -0.2) is 8.42 Å². The minimum absolute atomic E-state index is 0.362. The van der Waals surface area contributed by atoms with Gasteiger partial charge in [0.05, 0.1) is 4.90 Å². The van der Waals surface area contributed by atoms with Crippen LogP contribution in [0.3, 0.4) is 0 Å². The molecule has 0 saturated heterocycles. The average molecular weight is 339 g/mol. The Bertz CT molecular complexity index is 850. The van der Waals surface area contributed by atoms with E-state index in [0.29, 0.717) is 18.0 Å². The highest BCUT2D eigenvalue weighted by Gasteiger charge is 2.26. The van der Waals surface area contributed by atoms with Crippen molar-refractivity contribution in [1.29, 1.82) is 0 Å². The molecule has 0 N–H and O–H groups in total. The van der Waals surface area contributed by atoms with Gasteiger partial charge < -0.3 is 0 Å². The van der Waals surface area contributed by atoms with E-state index in [-0.39, 0.29) is 0 Å². The molecule has 1 heterocycles. The van der Waals surface area contributed by atoms with E-state index in [1.807, 2.05) is 61.5 Å². The molecular formula is C20H21NO2S. The fourth-order valence-corrected chi connectivity index (χ4v) is 4.14. The van der Waals surface area contributed by atoms with Gasteiger partial charge in [0.25, 0.3) is 0 Å². The first kappa shape index (κ1) is 16.7. The minimum atomic E-state index is -3.44. The summed E-state index contributed by atoms with van der Waals surface area (Å²) >= 11 is 0. The van der Waals surface area contributed by atoms with Crippen molar-refractivity contribution in [2.45, 2.75) is 18.2 Å². The van der Waals surface area contributed by atoms with Crippen molar-refractivity contribution in [1.82, 2.24) is 4.31 Å². The smallest absolute Gasteiger partial charge is 0.207 e. The van der Waals surface area contributed by atoms with Crippen LogP contribution < -0.4 is 0 Å². The second-order valence-corrected chi connectivity index (χ2v) is 7.90. The van der Waals surface area contributed by atoms with Crippen LogP contribution in [0.1, 0.15) is 17.5 Å². The van der Waals surface area contributed by atoms with Gasteiger partial charge in [-0.3, -0.25) is 0 Å². The van der Waals surface area contributed by atoms with E-state index in [4.69, 9.17) is 0 Å². The first-order valence-electron chi connectivity index (χ1n) is 8.05. The number of hydrogen-bond acceptors (Lipinski definition) is 2. The Morgan fingerprint density at radius 3 is 2.38 bits per heavy atom. The van der Waals surface area contributed by atoms with Crippen molar-refractivity contribution in [3.63, 3.8) is 0 Å². The van der Waals surface area contributed by atoms with Crippen molar-refractivity contribution in [3.05, 3.63) is 83.4 Å². The molecule has 4 heteroatoms. The normalized spacial score (nSPS) is 16.3. The summed E-state index contributed by atoms with van der Waals surface area (Å²) in [6, 6.07) is 17.1. The van der Waals surface area contributed by atoms with Crippen LogP contribution in [-0.2, 0) is 10.0 Å². The Hall–Kier alpha value is -2.17. The summed E-state index contributed by atoms with van der Waals surface area (Å²) in [5.41, 5.74) is 3.19. The van der Waals surface area contributed by atoms with Gasteiger partial charge in [-0.15, -0.1) is 0 Å². The summed E-state index contributed by atoms with van der Waals surface area (Å²) in [4.78, 5) is 0.362. The van der Waals surface area contributed by atoms with Crippen molar-refractivity contribution in [2.75, 3.05) is 13.1 Å². The van der Waals surface area contributed by atoms with E-state index in [2.05, 4.69) is 6.08 Å². The molecule has 0 amide bonds. The summed E-state index contributed by atoms with van der Waals surface area (Å²) in [7, 11) is -3.44. The molecule has 0 atom stereocenters. The van der Waals surface area contributed by atoms with Gasteiger partial charge in [0.15, 0.2) is 0 Å². The van der Waals surface area contributed by atoms with Crippen LogP contribution in [0.15, 0.2) is 77.2 Å². The number of aryl methyl sites for hydroxylation is 1. The lowest BCUT2D eigenvalue weighted by molar-refractivity contribution is 0.431. The molecule has 2 aromatic carbocycles. The number of benzene rings is 2. The first-order valence-corrected chi connectivity index (χ1v) is 9.49. The largest absolute Gasteiger partial charge is 0.243 e. The molecule has 1 aliphatic heterocycles. The molecule has 0 radical (unpaired) electrons. The Morgan fingerprint density at radius 1 is 0.958 bits per heavy atom. The van der Waals surface area contributed by atoms with Gasteiger partial charge in [0.1, 0.15) is 0 Å². The van der Waals surface area contributed by atoms with E-state index < -0.39 is 10.0 Å². The molecule has 0 saturated carbocycles. The molecule has 24 heavy (non-hydrogen) atoms. The van der Waals surface area contributed by atoms with Crippen LogP contribution in [0.4, 0.5) is 0 Å². The molecule has 3 rings (SSSR count). The third-order valence-corrected chi connectivity index (χ3v) is 5.95. The lowest BCUT2D eigenvalue weighted by Gasteiger charge is -2.25. The van der Waals surface area contributed by atoms with Gasteiger partial charge in [-0.2, -0.15) is 4.31 Å². The Morgan fingerprint density at radius 2 is 1.67 bits per heavy atom. The van der Waals surface area contributed by atoms with E-state index in [9.17, 15) is 8.42 Å². The molecule has 124 valence electrons. The van der Waals surface area contributed by atoms with E-state index in [0.717, 1.165) is 23.1 Å². The van der Waals surface area contributed by atoms with Gasteiger partial charge in [0, 0.05) is 13.1 Å². The highest BCUT2D eigenvalue weighted by molar-refractivity contribution is 7.89. The van der Waals surface area contributed by atoms with Crippen LogP contribution in [-0.4, -0.2) is 25.8 Å². The highest BCUT2D eigenvalue weighted by atomic mass is 32.2. The maximum absolute atomic E-state index is 12.8. The van der Waals surface area contributed by atoms with Crippen molar-refractivity contribution >= 4 is 16.1 Å². The zero-order valence-electron chi connectivity index (χ0n) is 13.7. The quantitative estimate of drug-likeness (QED) is 0.843. The van der Waals surface area contributed by atoms with Gasteiger partial charge in [-0.1, -0.05) is 66.3 Å². The predicted molar refractivity (Wildman–Crippen MR) is 98.1 cm³/mol. The monoisotopic (exact) mass is 339 g/mol. The van der Waals surface area contributed by atoms with Crippen molar-refractivity contribution < 1.29 is 8.42 Å². The van der Waals surface area contributed by atoms with Crippen LogP contribution in [0.5, 0.6) is 0 Å². The molecule has 1 aliphatic rings. The van der Waals surface area contributed by atoms with Gasteiger partial charge in [0.2, 0.25) is 10.0 Å². The standard InChI is InChI=1S/C20H21NO2S/c1-17-9-13-20(14-10-17)24(22,23)21-15-5-8-19(16-21)12-11-18-6-3-2-4-7-18/h2-4,6-14H,5,15-16H2,1H3/b12-11+. The molecular weight excluding hydrogens is 318 g/mol. The van der Waals surface area contributed by atoms with Crippen LogP contribution in [0.2, 0.25) is 0 Å². The third kappa shape index (κ3) is 3.83. The summed E-state index contributed by atoms with van der Waals surface area (Å²) in [6.45, 7) is 2.89. The molecule has 0 aromatic heterocycles. The molecule has 3 nitrogen and oxygen atoms in total. The van der Waals surface area contributed by atoms with Crippen molar-refractivity contribution in [3.8, 4) is 0 Å². The lowest BCUT2D eigenvalue weighted by atomic mass is 10.1. The number of nitrogens with zero attached hydrogens (tertiary/aromatic N) is 1. The van der Waals surface area contributed by atoms with Crippen molar-refractivity contribution in [2.24, 2.45) is 0 Å². The van der Waals surface area contributed by atoms with E-state index >= 15 is 0 Å². The molecule has 0 fully saturated rings. The first-order chi connectivity index (χ1) is 11.6. The zero-order valence-corrected chi connectivity index (χ0v) is 14.5. The fourth-order valence-electron chi connectivity index (χ4n) is 2.69.